The summed E-state index contributed by atoms with van der Waals surface area (Å²) in [6.45, 7) is 3.89. The van der Waals surface area contributed by atoms with E-state index >= 15 is 0 Å². The Morgan fingerprint density at radius 1 is 1.07 bits per heavy atom. The van der Waals surface area contributed by atoms with Gasteiger partial charge in [0, 0.05) is 10.7 Å². The molecule has 150 valence electrons. The summed E-state index contributed by atoms with van der Waals surface area (Å²) in [5.41, 5.74) is -0.261. The maximum absolute atomic E-state index is 12.4. The van der Waals surface area contributed by atoms with E-state index in [0.717, 1.165) is 11.4 Å². The van der Waals surface area contributed by atoms with Crippen LogP contribution in [-0.2, 0) is 9.53 Å². The summed E-state index contributed by atoms with van der Waals surface area (Å²) in [6, 6.07) is 14.1. The molecular formula is C20H23ClN2O4S. The van der Waals surface area contributed by atoms with Crippen molar-refractivity contribution in [3.8, 4) is 11.5 Å². The van der Waals surface area contributed by atoms with Gasteiger partial charge in [-0.3, -0.25) is 4.79 Å². The second-order valence-electron chi connectivity index (χ2n) is 6.31. The molecule has 0 aliphatic carbocycles. The van der Waals surface area contributed by atoms with Crippen molar-refractivity contribution in [2.24, 2.45) is 0 Å². The van der Waals surface area contributed by atoms with Gasteiger partial charge in [0.1, 0.15) is 18.1 Å². The molecule has 28 heavy (non-hydrogen) atoms. The molecule has 0 aromatic heterocycles. The van der Waals surface area contributed by atoms with E-state index in [2.05, 4.69) is 10.6 Å². The first-order chi connectivity index (χ1) is 13.3. The van der Waals surface area contributed by atoms with Gasteiger partial charge in [0.25, 0.3) is 11.1 Å². The SMILES string of the molecule is COc1ccc(NC(=S)OCCNC(=O)C(C)(C)Oc2ccc(Cl)cc2)cc1. The first-order valence-corrected chi connectivity index (χ1v) is 9.39. The van der Waals surface area contributed by atoms with E-state index < -0.39 is 5.60 Å². The molecule has 0 bridgehead atoms. The van der Waals surface area contributed by atoms with Crippen LogP contribution in [0, 0.1) is 0 Å². The number of rotatable bonds is 8. The first kappa shape index (κ1) is 21.8. The van der Waals surface area contributed by atoms with Crippen molar-refractivity contribution >= 4 is 40.6 Å². The number of carbonyl (C=O) groups excluding carboxylic acids is 1. The number of amides is 1. The van der Waals surface area contributed by atoms with Crippen LogP contribution in [0.15, 0.2) is 48.5 Å². The second kappa shape index (κ2) is 10.1. The number of halogens is 1. The van der Waals surface area contributed by atoms with E-state index in [1.54, 1.807) is 45.2 Å². The number of nitrogens with one attached hydrogen (secondary N) is 2. The monoisotopic (exact) mass is 422 g/mol. The lowest BCUT2D eigenvalue weighted by molar-refractivity contribution is -0.134. The Morgan fingerprint density at radius 3 is 2.29 bits per heavy atom. The average molecular weight is 423 g/mol. The maximum Gasteiger partial charge on any atom is 0.263 e. The van der Waals surface area contributed by atoms with Crippen LogP contribution in [-0.4, -0.2) is 36.9 Å². The van der Waals surface area contributed by atoms with Crippen molar-refractivity contribution < 1.29 is 19.0 Å². The number of ether oxygens (including phenoxy) is 3. The van der Waals surface area contributed by atoms with Crippen LogP contribution in [0.2, 0.25) is 5.02 Å². The molecule has 2 aromatic rings. The highest BCUT2D eigenvalue weighted by atomic mass is 35.5. The van der Waals surface area contributed by atoms with Crippen LogP contribution in [0.5, 0.6) is 11.5 Å². The summed E-state index contributed by atoms with van der Waals surface area (Å²) in [7, 11) is 1.60. The van der Waals surface area contributed by atoms with E-state index in [1.807, 2.05) is 24.3 Å². The van der Waals surface area contributed by atoms with E-state index in [4.69, 9.17) is 38.0 Å². The molecule has 2 N–H and O–H groups in total. The van der Waals surface area contributed by atoms with Crippen molar-refractivity contribution in [3.63, 3.8) is 0 Å². The largest absolute Gasteiger partial charge is 0.497 e. The van der Waals surface area contributed by atoms with Crippen LogP contribution in [0.4, 0.5) is 5.69 Å². The van der Waals surface area contributed by atoms with Crippen molar-refractivity contribution in [1.29, 1.82) is 0 Å². The molecule has 0 spiro atoms. The number of hydrogen-bond donors (Lipinski definition) is 2. The molecule has 2 rings (SSSR count). The molecule has 0 aliphatic heterocycles. The average Bonchev–Trinajstić information content (AvgIpc) is 2.67. The van der Waals surface area contributed by atoms with E-state index in [1.165, 1.54) is 0 Å². The summed E-state index contributed by atoms with van der Waals surface area (Å²) in [6.07, 6.45) is 0. The predicted molar refractivity (Wildman–Crippen MR) is 114 cm³/mol. The lowest BCUT2D eigenvalue weighted by Crippen LogP contribution is -2.47. The fourth-order valence-corrected chi connectivity index (χ4v) is 2.52. The Morgan fingerprint density at radius 2 is 1.68 bits per heavy atom. The third kappa shape index (κ3) is 6.90. The van der Waals surface area contributed by atoms with Crippen molar-refractivity contribution in [2.75, 3.05) is 25.6 Å². The molecule has 0 aliphatic rings. The summed E-state index contributed by atoms with van der Waals surface area (Å²) < 4.78 is 16.2. The minimum absolute atomic E-state index is 0.219. The van der Waals surface area contributed by atoms with Crippen LogP contribution in [0.1, 0.15) is 13.8 Å². The van der Waals surface area contributed by atoms with Gasteiger partial charge in [0.2, 0.25) is 0 Å². The van der Waals surface area contributed by atoms with Crippen LogP contribution in [0.25, 0.3) is 0 Å². The Hall–Kier alpha value is -2.51. The third-order valence-corrected chi connectivity index (χ3v) is 4.16. The molecule has 8 heteroatoms. The number of benzene rings is 2. The van der Waals surface area contributed by atoms with E-state index in [0.29, 0.717) is 10.8 Å². The molecule has 0 radical (unpaired) electrons. The Balaban J connectivity index is 1.71. The van der Waals surface area contributed by atoms with Crippen LogP contribution in [0.3, 0.4) is 0 Å². The Kier molecular flexibility index (Phi) is 7.90. The lowest BCUT2D eigenvalue weighted by Gasteiger charge is -2.25. The topological polar surface area (TPSA) is 68.8 Å². The highest BCUT2D eigenvalue weighted by molar-refractivity contribution is 7.80. The number of hydrogen-bond acceptors (Lipinski definition) is 5. The number of carbonyl (C=O) groups is 1. The van der Waals surface area contributed by atoms with Gasteiger partial charge in [0.05, 0.1) is 13.7 Å². The molecule has 1 amide bonds. The number of methoxy groups -OCH3 is 1. The van der Waals surface area contributed by atoms with Gasteiger partial charge in [-0.2, -0.15) is 0 Å². The van der Waals surface area contributed by atoms with Gasteiger partial charge in [-0.15, -0.1) is 0 Å². The zero-order valence-corrected chi connectivity index (χ0v) is 17.5. The maximum atomic E-state index is 12.4. The van der Waals surface area contributed by atoms with E-state index in [9.17, 15) is 4.79 Å². The summed E-state index contributed by atoms with van der Waals surface area (Å²) in [4.78, 5) is 12.4. The lowest BCUT2D eigenvalue weighted by atomic mass is 10.1. The number of thiocarbonyl (C=S) groups is 1. The van der Waals surface area contributed by atoms with E-state index in [-0.39, 0.29) is 24.2 Å². The Bertz CT molecular complexity index is 795. The minimum Gasteiger partial charge on any atom is -0.497 e. The normalized spacial score (nSPS) is 10.7. The van der Waals surface area contributed by atoms with Gasteiger partial charge in [-0.05, 0) is 74.6 Å². The molecule has 0 atom stereocenters. The molecule has 0 fully saturated rings. The fourth-order valence-electron chi connectivity index (χ4n) is 2.19. The Labute approximate surface area is 175 Å². The fraction of sp³-hybridized carbons (Fsp3) is 0.300. The molecule has 2 aromatic carbocycles. The standard InChI is InChI=1S/C20H23ClN2O4S/c1-20(2,27-17-8-4-14(21)5-9-17)18(24)22-12-13-26-19(28)23-15-6-10-16(25-3)11-7-15/h4-11H,12-13H2,1-3H3,(H,22,24)(H,23,28). The van der Waals surface area contributed by atoms with Crippen molar-refractivity contribution in [3.05, 3.63) is 53.6 Å². The number of anilines is 1. The van der Waals surface area contributed by atoms with Crippen LogP contribution < -0.4 is 20.1 Å². The quantitative estimate of drug-likeness (QED) is 0.494. The first-order valence-electron chi connectivity index (χ1n) is 8.61. The predicted octanol–water partition coefficient (Wildman–Crippen LogP) is 4.04. The highest BCUT2D eigenvalue weighted by Crippen LogP contribution is 2.21. The van der Waals surface area contributed by atoms with Gasteiger partial charge in [-0.25, -0.2) is 0 Å². The van der Waals surface area contributed by atoms with Gasteiger partial charge >= 0.3 is 0 Å². The summed E-state index contributed by atoms with van der Waals surface area (Å²) in [5, 5.41) is 6.55. The molecule has 0 unspecified atom stereocenters. The molecule has 0 saturated carbocycles. The van der Waals surface area contributed by atoms with Gasteiger partial charge in [-0.1, -0.05) is 11.6 Å². The molecule has 6 nitrogen and oxygen atoms in total. The zero-order chi connectivity index (χ0) is 20.6. The van der Waals surface area contributed by atoms with Gasteiger partial charge < -0.3 is 24.8 Å². The zero-order valence-electron chi connectivity index (χ0n) is 16.0. The molecular weight excluding hydrogens is 400 g/mol. The van der Waals surface area contributed by atoms with Gasteiger partial charge in [0.15, 0.2) is 5.60 Å². The van der Waals surface area contributed by atoms with Crippen LogP contribution >= 0.6 is 23.8 Å². The summed E-state index contributed by atoms with van der Waals surface area (Å²) in [5.74, 6) is 1.05. The van der Waals surface area contributed by atoms with Crippen molar-refractivity contribution in [1.82, 2.24) is 5.32 Å². The molecule has 0 saturated heterocycles. The summed E-state index contributed by atoms with van der Waals surface area (Å²) >= 11 is 11.0. The second-order valence-corrected chi connectivity index (χ2v) is 7.12. The van der Waals surface area contributed by atoms with Crippen molar-refractivity contribution in [2.45, 2.75) is 19.4 Å². The molecule has 0 heterocycles. The highest BCUT2D eigenvalue weighted by Gasteiger charge is 2.29. The third-order valence-electron chi connectivity index (χ3n) is 3.69. The smallest absolute Gasteiger partial charge is 0.263 e. The minimum atomic E-state index is -1.05.